The maximum absolute atomic E-state index is 13.2. The molecule has 0 bridgehead atoms. The lowest BCUT2D eigenvalue weighted by Crippen LogP contribution is -2.43. The number of nitrogens with zero attached hydrogens (tertiary/aromatic N) is 1. The Kier molecular flexibility index (Phi) is 4.85. The lowest BCUT2D eigenvalue weighted by atomic mass is 9.84. The fourth-order valence-corrected chi connectivity index (χ4v) is 3.81. The molecule has 2 heterocycles. The Bertz CT molecular complexity index is 640. The van der Waals surface area contributed by atoms with Crippen molar-refractivity contribution in [2.45, 2.75) is 32.3 Å². The van der Waals surface area contributed by atoms with Crippen LogP contribution in [0.5, 0.6) is 0 Å². The van der Waals surface area contributed by atoms with Crippen molar-refractivity contribution in [1.82, 2.24) is 4.90 Å². The molecule has 2 atom stereocenters. The van der Waals surface area contributed by atoms with Gasteiger partial charge in [-0.25, -0.2) is 4.39 Å². The van der Waals surface area contributed by atoms with Crippen molar-refractivity contribution in [2.75, 3.05) is 19.7 Å². The average molecular weight is 335 g/mol. The van der Waals surface area contributed by atoms with Gasteiger partial charge >= 0.3 is 5.97 Å². The van der Waals surface area contributed by atoms with E-state index in [4.69, 9.17) is 4.74 Å². The van der Waals surface area contributed by atoms with Crippen LogP contribution in [0.25, 0.3) is 0 Å². The van der Waals surface area contributed by atoms with E-state index in [1.54, 1.807) is 11.8 Å². The molecule has 0 saturated carbocycles. The number of hydrogen-bond acceptors (Lipinski definition) is 3. The highest BCUT2D eigenvalue weighted by Crippen LogP contribution is 2.33. The second-order valence-corrected chi connectivity index (χ2v) is 6.66. The third-order valence-corrected chi connectivity index (χ3v) is 5.16. The average Bonchev–Trinajstić information content (AvgIpc) is 3.04. The van der Waals surface area contributed by atoms with Gasteiger partial charge in [0.25, 0.3) is 5.91 Å². The van der Waals surface area contributed by atoms with Crippen LogP contribution in [0.3, 0.4) is 0 Å². The van der Waals surface area contributed by atoms with Crippen molar-refractivity contribution in [1.29, 1.82) is 0 Å². The summed E-state index contributed by atoms with van der Waals surface area (Å²) in [4.78, 5) is 25.7. The molecule has 1 aromatic rings. The number of piperidine rings is 1. The number of carbonyl (C=O) groups excluding carboxylic acids is 1. The van der Waals surface area contributed by atoms with Crippen molar-refractivity contribution in [3.8, 4) is 0 Å². The van der Waals surface area contributed by atoms with E-state index in [1.807, 2.05) is 0 Å². The number of ether oxygens (including phenoxy) is 1. The van der Waals surface area contributed by atoms with Crippen LogP contribution in [0, 0.1) is 24.6 Å². The van der Waals surface area contributed by atoms with E-state index in [1.165, 1.54) is 18.2 Å². The summed E-state index contributed by atoms with van der Waals surface area (Å²) in [6, 6.07) is 4.19. The lowest BCUT2D eigenvalue weighted by Gasteiger charge is -2.35. The molecule has 2 aliphatic heterocycles. The Labute approximate surface area is 140 Å². The summed E-state index contributed by atoms with van der Waals surface area (Å²) in [5.41, 5.74) is 1.16. The van der Waals surface area contributed by atoms with E-state index in [-0.39, 0.29) is 23.7 Å². The topological polar surface area (TPSA) is 66.8 Å². The molecule has 2 fully saturated rings. The van der Waals surface area contributed by atoms with Gasteiger partial charge in [0.05, 0.1) is 12.0 Å². The van der Waals surface area contributed by atoms with Crippen LogP contribution in [0.4, 0.5) is 4.39 Å². The standard InChI is InChI=1S/C18H22FNO4/c1-11-10-13(19)2-3-14(11)17(21)20-7-4-12(5-8-20)16-15(18(22)23)6-9-24-16/h2-3,10,12,15-16H,4-9H2,1H3,(H,22,23)/t15?,16-/m0/s1. The Morgan fingerprint density at radius 2 is 1.96 bits per heavy atom. The number of aliphatic carboxylic acids is 1. The summed E-state index contributed by atoms with van der Waals surface area (Å²) in [7, 11) is 0. The fraction of sp³-hybridized carbons (Fsp3) is 0.556. The molecule has 5 nitrogen and oxygen atoms in total. The largest absolute Gasteiger partial charge is 0.481 e. The predicted molar refractivity (Wildman–Crippen MR) is 85.2 cm³/mol. The van der Waals surface area contributed by atoms with Crippen LogP contribution in [0.15, 0.2) is 18.2 Å². The van der Waals surface area contributed by atoms with Gasteiger partial charge in [0.1, 0.15) is 5.82 Å². The molecule has 1 unspecified atom stereocenters. The summed E-state index contributed by atoms with van der Waals surface area (Å²) in [6.45, 7) is 3.38. The zero-order valence-electron chi connectivity index (χ0n) is 13.7. The van der Waals surface area contributed by atoms with Crippen LogP contribution < -0.4 is 0 Å². The number of carbonyl (C=O) groups is 2. The van der Waals surface area contributed by atoms with E-state index < -0.39 is 11.9 Å². The van der Waals surface area contributed by atoms with Crippen LogP contribution in [-0.2, 0) is 9.53 Å². The van der Waals surface area contributed by atoms with Gasteiger partial charge in [-0.3, -0.25) is 9.59 Å². The Hall–Kier alpha value is -1.95. The monoisotopic (exact) mass is 335 g/mol. The molecule has 0 aromatic heterocycles. The SMILES string of the molecule is Cc1cc(F)ccc1C(=O)N1CCC([C@@H]2OCCC2C(=O)O)CC1. The Morgan fingerprint density at radius 1 is 1.25 bits per heavy atom. The van der Waals surface area contributed by atoms with Gasteiger partial charge in [0.2, 0.25) is 0 Å². The van der Waals surface area contributed by atoms with E-state index in [0.29, 0.717) is 37.2 Å². The summed E-state index contributed by atoms with van der Waals surface area (Å²) in [6.07, 6.45) is 1.79. The molecule has 24 heavy (non-hydrogen) atoms. The molecular weight excluding hydrogens is 313 g/mol. The molecule has 1 N–H and O–H groups in total. The first-order valence-electron chi connectivity index (χ1n) is 8.37. The zero-order chi connectivity index (χ0) is 17.3. The quantitative estimate of drug-likeness (QED) is 0.921. The molecular formula is C18H22FNO4. The number of carboxylic acid groups (broad SMARTS) is 1. The highest BCUT2D eigenvalue weighted by molar-refractivity contribution is 5.95. The van der Waals surface area contributed by atoms with Gasteiger partial charge in [-0.05, 0) is 55.9 Å². The zero-order valence-corrected chi connectivity index (χ0v) is 13.7. The molecule has 1 aromatic carbocycles. The highest BCUT2D eigenvalue weighted by Gasteiger charge is 2.40. The fourth-order valence-electron chi connectivity index (χ4n) is 3.81. The van der Waals surface area contributed by atoms with Gasteiger partial charge in [0, 0.05) is 25.3 Å². The van der Waals surface area contributed by atoms with Gasteiger partial charge in [-0.1, -0.05) is 0 Å². The number of aryl methyl sites for hydroxylation is 1. The third-order valence-electron chi connectivity index (χ3n) is 5.16. The van der Waals surface area contributed by atoms with Crippen molar-refractivity contribution in [3.63, 3.8) is 0 Å². The Balaban J connectivity index is 1.62. The minimum atomic E-state index is -0.794. The summed E-state index contributed by atoms with van der Waals surface area (Å²) < 4.78 is 18.8. The van der Waals surface area contributed by atoms with Gasteiger partial charge in [-0.2, -0.15) is 0 Å². The van der Waals surface area contributed by atoms with Gasteiger partial charge in [-0.15, -0.1) is 0 Å². The van der Waals surface area contributed by atoms with E-state index >= 15 is 0 Å². The first kappa shape index (κ1) is 16.9. The lowest BCUT2D eigenvalue weighted by molar-refractivity contribution is -0.145. The highest BCUT2D eigenvalue weighted by atomic mass is 19.1. The number of carboxylic acids is 1. The number of likely N-dealkylation sites (tertiary alicyclic amines) is 1. The normalized spacial score (nSPS) is 25.0. The maximum Gasteiger partial charge on any atom is 0.309 e. The van der Waals surface area contributed by atoms with Crippen LogP contribution in [0.2, 0.25) is 0 Å². The second-order valence-electron chi connectivity index (χ2n) is 6.66. The van der Waals surface area contributed by atoms with Crippen LogP contribution >= 0.6 is 0 Å². The van der Waals surface area contributed by atoms with Crippen molar-refractivity contribution >= 4 is 11.9 Å². The number of benzene rings is 1. The Morgan fingerprint density at radius 3 is 2.58 bits per heavy atom. The van der Waals surface area contributed by atoms with Crippen molar-refractivity contribution < 1.29 is 23.8 Å². The summed E-state index contributed by atoms with van der Waals surface area (Å²) in [5.74, 6) is -1.49. The molecule has 0 spiro atoms. The molecule has 2 aliphatic rings. The smallest absolute Gasteiger partial charge is 0.309 e. The molecule has 1 amide bonds. The van der Waals surface area contributed by atoms with E-state index in [0.717, 1.165) is 12.8 Å². The van der Waals surface area contributed by atoms with E-state index in [9.17, 15) is 19.1 Å². The maximum atomic E-state index is 13.2. The number of hydrogen-bond donors (Lipinski definition) is 1. The van der Waals surface area contributed by atoms with Crippen molar-refractivity contribution in [3.05, 3.63) is 35.1 Å². The molecule has 3 rings (SSSR count). The number of amides is 1. The number of rotatable bonds is 3. The summed E-state index contributed by atoms with van der Waals surface area (Å²) in [5, 5.41) is 9.28. The molecule has 2 saturated heterocycles. The first-order valence-corrected chi connectivity index (χ1v) is 8.37. The second kappa shape index (κ2) is 6.89. The van der Waals surface area contributed by atoms with Crippen LogP contribution in [0.1, 0.15) is 35.2 Å². The number of halogens is 1. The molecule has 6 heteroatoms. The van der Waals surface area contributed by atoms with Gasteiger partial charge in [0.15, 0.2) is 0 Å². The molecule has 130 valence electrons. The minimum absolute atomic E-state index is 0.0897. The van der Waals surface area contributed by atoms with Gasteiger partial charge < -0.3 is 14.7 Å². The molecule has 0 aliphatic carbocycles. The first-order chi connectivity index (χ1) is 11.5. The summed E-state index contributed by atoms with van der Waals surface area (Å²) >= 11 is 0. The molecule has 0 radical (unpaired) electrons. The predicted octanol–water partition coefficient (Wildman–Crippen LogP) is 2.48. The van der Waals surface area contributed by atoms with Crippen LogP contribution in [-0.4, -0.2) is 47.7 Å². The van der Waals surface area contributed by atoms with Crippen molar-refractivity contribution in [2.24, 2.45) is 11.8 Å². The van der Waals surface area contributed by atoms with E-state index in [2.05, 4.69) is 0 Å². The third kappa shape index (κ3) is 3.29. The minimum Gasteiger partial charge on any atom is -0.481 e.